The van der Waals surface area contributed by atoms with Gasteiger partial charge in [-0.2, -0.15) is 0 Å². The minimum atomic E-state index is 0.728. The first-order valence-corrected chi connectivity index (χ1v) is 5.29. The van der Waals surface area contributed by atoms with Gasteiger partial charge in [0.2, 0.25) is 0 Å². The molecule has 0 saturated carbocycles. The summed E-state index contributed by atoms with van der Waals surface area (Å²) in [7, 11) is 2.06. The van der Waals surface area contributed by atoms with E-state index in [4.69, 9.17) is 0 Å². The lowest BCUT2D eigenvalue weighted by Crippen LogP contribution is -2.25. The zero-order valence-corrected chi connectivity index (χ0v) is 9.35. The van der Waals surface area contributed by atoms with Gasteiger partial charge in [0, 0.05) is 6.04 Å². The third-order valence-electron chi connectivity index (χ3n) is 3.01. The Morgan fingerprint density at radius 3 is 2.00 bits per heavy atom. The summed E-state index contributed by atoms with van der Waals surface area (Å²) in [4.78, 5) is 0. The van der Waals surface area contributed by atoms with Crippen LogP contribution in [0, 0.1) is 11.8 Å². The molecule has 1 heteroatoms. The Kier molecular flexibility index (Phi) is 6.45. The van der Waals surface area contributed by atoms with Gasteiger partial charge in [-0.25, -0.2) is 0 Å². The molecule has 0 aliphatic rings. The molecule has 0 aromatic heterocycles. The molecule has 12 heavy (non-hydrogen) atoms. The molecule has 0 heterocycles. The number of nitrogens with one attached hydrogen (secondary N) is 1. The van der Waals surface area contributed by atoms with Crippen LogP contribution < -0.4 is 5.32 Å². The summed E-state index contributed by atoms with van der Waals surface area (Å²) in [5, 5.41) is 3.35. The lowest BCUT2D eigenvalue weighted by Gasteiger charge is -2.19. The lowest BCUT2D eigenvalue weighted by molar-refractivity contribution is 0.352. The van der Waals surface area contributed by atoms with Crippen molar-refractivity contribution in [1.82, 2.24) is 5.32 Å². The van der Waals surface area contributed by atoms with Crippen molar-refractivity contribution in [3.63, 3.8) is 0 Å². The van der Waals surface area contributed by atoms with E-state index < -0.39 is 0 Å². The molecule has 0 rings (SSSR count). The Labute approximate surface area is 77.9 Å². The Balaban J connectivity index is 3.51. The highest BCUT2D eigenvalue weighted by Crippen LogP contribution is 2.17. The summed E-state index contributed by atoms with van der Waals surface area (Å²) >= 11 is 0. The predicted octanol–water partition coefficient (Wildman–Crippen LogP) is 3.06. The molecule has 1 unspecified atom stereocenters. The molecular formula is C11H25N. The van der Waals surface area contributed by atoms with Gasteiger partial charge in [-0.15, -0.1) is 0 Å². The number of rotatable bonds is 6. The van der Waals surface area contributed by atoms with Crippen molar-refractivity contribution in [1.29, 1.82) is 0 Å². The van der Waals surface area contributed by atoms with E-state index in [0.717, 1.165) is 17.9 Å². The molecule has 0 aromatic carbocycles. The first kappa shape index (κ1) is 12.0. The van der Waals surface area contributed by atoms with Gasteiger partial charge in [0.05, 0.1) is 0 Å². The molecule has 0 spiro atoms. The summed E-state index contributed by atoms with van der Waals surface area (Å²) < 4.78 is 0. The zero-order valence-electron chi connectivity index (χ0n) is 9.35. The van der Waals surface area contributed by atoms with Gasteiger partial charge in [-0.3, -0.25) is 0 Å². The third kappa shape index (κ3) is 4.76. The highest BCUT2D eigenvalue weighted by atomic mass is 14.9. The van der Waals surface area contributed by atoms with Crippen molar-refractivity contribution >= 4 is 0 Å². The van der Waals surface area contributed by atoms with Crippen LogP contribution in [0.3, 0.4) is 0 Å². The minimum Gasteiger partial charge on any atom is -0.317 e. The lowest BCUT2D eigenvalue weighted by atomic mass is 9.91. The monoisotopic (exact) mass is 171 g/mol. The Morgan fingerprint density at radius 1 is 1.08 bits per heavy atom. The predicted molar refractivity (Wildman–Crippen MR) is 56.4 cm³/mol. The number of hydrogen-bond donors (Lipinski definition) is 1. The molecule has 74 valence electrons. The largest absolute Gasteiger partial charge is 0.317 e. The van der Waals surface area contributed by atoms with E-state index in [2.05, 4.69) is 40.1 Å². The normalized spacial score (nSPS) is 16.5. The van der Waals surface area contributed by atoms with Gasteiger partial charge in [-0.1, -0.05) is 27.7 Å². The molecule has 0 aliphatic heterocycles. The molecule has 0 amide bonds. The maximum atomic E-state index is 3.35. The van der Waals surface area contributed by atoms with Crippen LogP contribution in [-0.4, -0.2) is 13.1 Å². The van der Waals surface area contributed by atoms with Crippen LogP contribution in [0.1, 0.15) is 47.0 Å². The smallest absolute Gasteiger partial charge is 0.00615 e. The first-order valence-electron chi connectivity index (χ1n) is 5.29. The van der Waals surface area contributed by atoms with E-state index >= 15 is 0 Å². The zero-order chi connectivity index (χ0) is 9.56. The standard InChI is InChI=1S/C11H25N/c1-6-11(12-5)8-7-10(4)9(2)3/h9-12H,6-8H2,1-5H3/t10?,11-/m0/s1. The fourth-order valence-electron chi connectivity index (χ4n) is 1.35. The van der Waals surface area contributed by atoms with Gasteiger partial charge in [0.15, 0.2) is 0 Å². The van der Waals surface area contributed by atoms with E-state index in [1.807, 2.05) is 0 Å². The van der Waals surface area contributed by atoms with Gasteiger partial charge in [-0.05, 0) is 38.1 Å². The van der Waals surface area contributed by atoms with Crippen LogP contribution in [0.4, 0.5) is 0 Å². The first-order chi connectivity index (χ1) is 5.61. The Morgan fingerprint density at radius 2 is 1.67 bits per heavy atom. The second-order valence-corrected chi connectivity index (χ2v) is 4.19. The van der Waals surface area contributed by atoms with Crippen molar-refractivity contribution in [3.8, 4) is 0 Å². The highest BCUT2D eigenvalue weighted by molar-refractivity contribution is 4.65. The minimum absolute atomic E-state index is 0.728. The van der Waals surface area contributed by atoms with Crippen LogP contribution >= 0.6 is 0 Å². The molecule has 0 saturated heterocycles. The summed E-state index contributed by atoms with van der Waals surface area (Å²) in [5.74, 6) is 1.70. The second-order valence-electron chi connectivity index (χ2n) is 4.19. The molecule has 0 bridgehead atoms. The molecule has 2 atom stereocenters. The molecule has 1 N–H and O–H groups in total. The van der Waals surface area contributed by atoms with E-state index in [1.54, 1.807) is 0 Å². The van der Waals surface area contributed by atoms with Gasteiger partial charge < -0.3 is 5.32 Å². The van der Waals surface area contributed by atoms with Gasteiger partial charge in [0.25, 0.3) is 0 Å². The van der Waals surface area contributed by atoms with Gasteiger partial charge >= 0.3 is 0 Å². The van der Waals surface area contributed by atoms with Crippen LogP contribution in [0.25, 0.3) is 0 Å². The quantitative estimate of drug-likeness (QED) is 0.647. The van der Waals surface area contributed by atoms with E-state index in [-0.39, 0.29) is 0 Å². The van der Waals surface area contributed by atoms with Gasteiger partial charge in [0.1, 0.15) is 0 Å². The maximum Gasteiger partial charge on any atom is 0.00615 e. The van der Waals surface area contributed by atoms with Crippen molar-refractivity contribution in [2.45, 2.75) is 53.0 Å². The Hall–Kier alpha value is -0.0400. The van der Waals surface area contributed by atoms with Crippen molar-refractivity contribution < 1.29 is 0 Å². The van der Waals surface area contributed by atoms with Crippen LogP contribution in [0.2, 0.25) is 0 Å². The molecule has 0 aliphatic carbocycles. The van der Waals surface area contributed by atoms with Crippen molar-refractivity contribution in [3.05, 3.63) is 0 Å². The van der Waals surface area contributed by atoms with E-state index in [9.17, 15) is 0 Å². The molecule has 0 fully saturated rings. The summed E-state index contributed by atoms with van der Waals surface area (Å²) in [6, 6.07) is 0.728. The average molecular weight is 171 g/mol. The SMILES string of the molecule is CC[C@@H](CCC(C)C(C)C)NC. The molecule has 1 nitrogen and oxygen atoms in total. The van der Waals surface area contributed by atoms with Crippen molar-refractivity contribution in [2.75, 3.05) is 7.05 Å². The molecule has 0 radical (unpaired) electrons. The van der Waals surface area contributed by atoms with Crippen LogP contribution in [0.5, 0.6) is 0 Å². The summed E-state index contributed by atoms with van der Waals surface area (Å²) in [6.45, 7) is 9.23. The van der Waals surface area contributed by atoms with Crippen LogP contribution in [0.15, 0.2) is 0 Å². The average Bonchev–Trinajstić information content (AvgIpc) is 2.05. The maximum absolute atomic E-state index is 3.35. The fourth-order valence-corrected chi connectivity index (χ4v) is 1.35. The van der Waals surface area contributed by atoms with Crippen molar-refractivity contribution in [2.24, 2.45) is 11.8 Å². The van der Waals surface area contributed by atoms with Crippen LogP contribution in [-0.2, 0) is 0 Å². The molecule has 0 aromatic rings. The number of hydrogen-bond acceptors (Lipinski definition) is 1. The second kappa shape index (κ2) is 6.47. The van der Waals surface area contributed by atoms with E-state index in [0.29, 0.717) is 0 Å². The van der Waals surface area contributed by atoms with E-state index in [1.165, 1.54) is 19.3 Å². The third-order valence-corrected chi connectivity index (χ3v) is 3.01. The Bertz CT molecular complexity index is 93.2. The topological polar surface area (TPSA) is 12.0 Å². The fraction of sp³-hybridized carbons (Fsp3) is 1.00. The highest BCUT2D eigenvalue weighted by Gasteiger charge is 2.09. The molecular weight excluding hydrogens is 146 g/mol. The summed E-state index contributed by atoms with van der Waals surface area (Å²) in [6.07, 6.45) is 3.94. The summed E-state index contributed by atoms with van der Waals surface area (Å²) in [5.41, 5.74) is 0.